The summed E-state index contributed by atoms with van der Waals surface area (Å²) < 4.78 is 63.2. The molecular formula is C13H17F3N2O2S. The van der Waals surface area contributed by atoms with Crippen LogP contribution in [-0.4, -0.2) is 31.5 Å². The van der Waals surface area contributed by atoms with Gasteiger partial charge >= 0.3 is 6.18 Å². The van der Waals surface area contributed by atoms with Gasteiger partial charge in [0.25, 0.3) is 0 Å². The summed E-state index contributed by atoms with van der Waals surface area (Å²) in [5, 5.41) is 0. The van der Waals surface area contributed by atoms with Gasteiger partial charge in [-0.05, 0) is 37.0 Å². The van der Waals surface area contributed by atoms with Gasteiger partial charge in [0.05, 0.1) is 4.90 Å². The molecule has 0 unspecified atom stereocenters. The van der Waals surface area contributed by atoms with E-state index in [0.29, 0.717) is 23.6 Å². The van der Waals surface area contributed by atoms with Crippen molar-refractivity contribution >= 4 is 15.7 Å². The molecule has 1 aliphatic rings. The summed E-state index contributed by atoms with van der Waals surface area (Å²) in [5.74, 6) is 0. The SMILES string of the molecule is CCc1ccc(S(=O)(=O)N(CC(F)(F)F)C2CC2)cc1N. The van der Waals surface area contributed by atoms with Gasteiger partial charge in [-0.3, -0.25) is 0 Å². The first-order valence-electron chi connectivity index (χ1n) is 6.62. The highest BCUT2D eigenvalue weighted by molar-refractivity contribution is 7.89. The maximum absolute atomic E-state index is 12.6. The number of nitrogens with two attached hydrogens (primary N) is 1. The largest absolute Gasteiger partial charge is 0.402 e. The van der Waals surface area contributed by atoms with Crippen molar-refractivity contribution in [2.75, 3.05) is 12.3 Å². The van der Waals surface area contributed by atoms with Gasteiger partial charge < -0.3 is 5.73 Å². The fraction of sp³-hybridized carbons (Fsp3) is 0.538. The number of halogens is 3. The molecule has 8 heteroatoms. The minimum Gasteiger partial charge on any atom is -0.398 e. The lowest BCUT2D eigenvalue weighted by Gasteiger charge is -2.23. The molecule has 4 nitrogen and oxygen atoms in total. The molecule has 0 amide bonds. The topological polar surface area (TPSA) is 63.4 Å². The molecule has 1 aromatic carbocycles. The average molecular weight is 322 g/mol. The number of alkyl halides is 3. The first-order chi connectivity index (χ1) is 9.65. The van der Waals surface area contributed by atoms with E-state index in [1.165, 1.54) is 12.1 Å². The Kier molecular flexibility index (Phi) is 4.21. The number of sulfonamides is 1. The van der Waals surface area contributed by atoms with Gasteiger partial charge in [-0.1, -0.05) is 13.0 Å². The van der Waals surface area contributed by atoms with E-state index < -0.39 is 28.8 Å². The Balaban J connectivity index is 2.36. The molecule has 0 aromatic heterocycles. The molecule has 0 bridgehead atoms. The van der Waals surface area contributed by atoms with Gasteiger partial charge in [0.1, 0.15) is 6.54 Å². The zero-order valence-corrected chi connectivity index (χ0v) is 12.3. The maximum atomic E-state index is 12.6. The number of hydrogen-bond acceptors (Lipinski definition) is 3. The van der Waals surface area contributed by atoms with Gasteiger partial charge in [0, 0.05) is 11.7 Å². The molecule has 1 fully saturated rings. The summed E-state index contributed by atoms with van der Waals surface area (Å²) in [4.78, 5) is -0.187. The molecule has 118 valence electrons. The van der Waals surface area contributed by atoms with Crippen LogP contribution in [0.15, 0.2) is 23.1 Å². The molecule has 21 heavy (non-hydrogen) atoms. The monoisotopic (exact) mass is 322 g/mol. The standard InChI is InChI=1S/C13H17F3N2O2S/c1-2-9-3-6-11(7-12(9)17)21(19,20)18(10-4-5-10)8-13(14,15)16/h3,6-7,10H,2,4-5,8,17H2,1H3. The molecule has 0 atom stereocenters. The molecule has 0 spiro atoms. The number of nitrogens with zero attached hydrogens (tertiary/aromatic N) is 1. The predicted octanol–water partition coefficient (Wildman–Crippen LogP) is 2.55. The van der Waals surface area contributed by atoms with Crippen molar-refractivity contribution in [2.45, 2.75) is 43.3 Å². The van der Waals surface area contributed by atoms with Crippen LogP contribution < -0.4 is 5.73 Å². The Labute approximate surface area is 121 Å². The van der Waals surface area contributed by atoms with Crippen molar-refractivity contribution in [1.82, 2.24) is 4.31 Å². The minimum absolute atomic E-state index is 0.187. The Bertz CT molecular complexity index is 625. The highest BCUT2D eigenvalue weighted by Crippen LogP contribution is 2.35. The lowest BCUT2D eigenvalue weighted by atomic mass is 10.1. The van der Waals surface area contributed by atoms with E-state index in [9.17, 15) is 21.6 Å². The molecule has 0 radical (unpaired) electrons. The van der Waals surface area contributed by atoms with Crippen molar-refractivity contribution in [3.8, 4) is 0 Å². The van der Waals surface area contributed by atoms with Crippen LogP contribution >= 0.6 is 0 Å². The zero-order valence-electron chi connectivity index (χ0n) is 11.5. The van der Waals surface area contributed by atoms with Crippen molar-refractivity contribution in [1.29, 1.82) is 0 Å². The first kappa shape index (κ1) is 16.1. The second kappa shape index (κ2) is 5.49. The summed E-state index contributed by atoms with van der Waals surface area (Å²) in [6.07, 6.45) is -3.03. The molecule has 2 N–H and O–H groups in total. The Morgan fingerprint density at radius 3 is 2.38 bits per heavy atom. The maximum Gasteiger partial charge on any atom is 0.402 e. The predicted molar refractivity (Wildman–Crippen MR) is 73.2 cm³/mol. The van der Waals surface area contributed by atoms with Crippen LogP contribution in [0.1, 0.15) is 25.3 Å². The zero-order chi connectivity index (χ0) is 15.8. The number of anilines is 1. The van der Waals surface area contributed by atoms with Crippen LogP contribution in [0, 0.1) is 0 Å². The third kappa shape index (κ3) is 3.68. The first-order valence-corrected chi connectivity index (χ1v) is 8.06. The van der Waals surface area contributed by atoms with E-state index in [2.05, 4.69) is 0 Å². The normalized spacial score (nSPS) is 16.4. The van der Waals surface area contributed by atoms with E-state index in [-0.39, 0.29) is 10.6 Å². The highest BCUT2D eigenvalue weighted by atomic mass is 32.2. The van der Waals surface area contributed by atoms with Gasteiger partial charge in [0.15, 0.2) is 0 Å². The summed E-state index contributed by atoms with van der Waals surface area (Å²) >= 11 is 0. The number of nitrogen functional groups attached to an aromatic ring is 1. The van der Waals surface area contributed by atoms with Crippen LogP contribution in [0.25, 0.3) is 0 Å². The minimum atomic E-state index is -4.56. The molecule has 1 saturated carbocycles. The lowest BCUT2D eigenvalue weighted by molar-refractivity contribution is -0.137. The molecular weight excluding hydrogens is 305 g/mol. The molecule has 1 aliphatic carbocycles. The van der Waals surface area contributed by atoms with Crippen LogP contribution in [0.5, 0.6) is 0 Å². The van der Waals surface area contributed by atoms with Crippen LogP contribution in [0.3, 0.4) is 0 Å². The highest BCUT2D eigenvalue weighted by Gasteiger charge is 2.44. The van der Waals surface area contributed by atoms with Gasteiger partial charge in [0.2, 0.25) is 10.0 Å². The number of aryl methyl sites for hydroxylation is 1. The van der Waals surface area contributed by atoms with Crippen LogP contribution in [-0.2, 0) is 16.4 Å². The second-order valence-electron chi connectivity index (χ2n) is 5.11. The summed E-state index contributed by atoms with van der Waals surface area (Å²) in [6.45, 7) is 0.398. The third-order valence-corrected chi connectivity index (χ3v) is 5.29. The number of benzene rings is 1. The third-order valence-electron chi connectivity index (χ3n) is 3.39. The summed E-state index contributed by atoms with van der Waals surface area (Å²) in [6, 6.07) is 3.53. The van der Waals surface area contributed by atoms with Gasteiger partial charge in [-0.2, -0.15) is 17.5 Å². The number of rotatable bonds is 5. The lowest BCUT2D eigenvalue weighted by Crippen LogP contribution is -2.40. The smallest absolute Gasteiger partial charge is 0.398 e. The van der Waals surface area contributed by atoms with Crippen LogP contribution in [0.4, 0.5) is 18.9 Å². The molecule has 0 heterocycles. The Morgan fingerprint density at radius 2 is 1.95 bits per heavy atom. The van der Waals surface area contributed by atoms with Crippen molar-refractivity contribution in [3.05, 3.63) is 23.8 Å². The number of hydrogen-bond donors (Lipinski definition) is 1. The molecule has 1 aromatic rings. The van der Waals surface area contributed by atoms with Crippen molar-refractivity contribution in [2.24, 2.45) is 0 Å². The Morgan fingerprint density at radius 1 is 1.33 bits per heavy atom. The molecule has 2 rings (SSSR count). The fourth-order valence-corrected chi connectivity index (χ4v) is 3.85. The summed E-state index contributed by atoms with van der Waals surface area (Å²) in [7, 11) is -4.19. The van der Waals surface area contributed by atoms with Gasteiger partial charge in [-0.25, -0.2) is 8.42 Å². The van der Waals surface area contributed by atoms with E-state index in [1.54, 1.807) is 6.07 Å². The van der Waals surface area contributed by atoms with Crippen molar-refractivity contribution in [3.63, 3.8) is 0 Å². The summed E-state index contributed by atoms with van der Waals surface area (Å²) in [5.41, 5.74) is 6.79. The quantitative estimate of drug-likeness (QED) is 0.847. The molecule has 0 aliphatic heterocycles. The second-order valence-corrected chi connectivity index (χ2v) is 7.00. The van der Waals surface area contributed by atoms with E-state index in [4.69, 9.17) is 5.73 Å². The Hall–Kier alpha value is -1.28. The van der Waals surface area contributed by atoms with Crippen LogP contribution in [0.2, 0.25) is 0 Å². The molecule has 0 saturated heterocycles. The van der Waals surface area contributed by atoms with E-state index >= 15 is 0 Å². The fourth-order valence-electron chi connectivity index (χ4n) is 2.14. The van der Waals surface area contributed by atoms with Crippen molar-refractivity contribution < 1.29 is 21.6 Å². The van der Waals surface area contributed by atoms with E-state index in [1.807, 2.05) is 6.92 Å². The average Bonchev–Trinajstić information content (AvgIpc) is 3.18. The van der Waals surface area contributed by atoms with Gasteiger partial charge in [-0.15, -0.1) is 0 Å². The van der Waals surface area contributed by atoms with E-state index in [0.717, 1.165) is 5.56 Å².